The van der Waals surface area contributed by atoms with Crippen molar-refractivity contribution in [2.24, 2.45) is 5.16 Å². The number of carbonyl (C=O) groups excluding carboxylic acids is 2. The average Bonchev–Trinajstić information content (AvgIpc) is 3.02. The zero-order chi connectivity index (χ0) is 12.8. The molecule has 0 aromatic carbocycles. The standard InChI is InChI=1S/C10H11N4O3S/c15-5-8(13-17-7-3-1-2-4-7)9-12-10(11-6-16)18-14-9/h6-7H,1-4H2,(H,11,12,14,16)/b13-8+. The van der Waals surface area contributed by atoms with Crippen LogP contribution in [0.25, 0.3) is 0 Å². The van der Waals surface area contributed by atoms with Crippen molar-refractivity contribution in [1.82, 2.24) is 9.36 Å². The number of nitrogens with one attached hydrogen (secondary N) is 1. The molecule has 0 unspecified atom stereocenters. The number of hydrogen-bond donors (Lipinski definition) is 1. The fraction of sp³-hybridized carbons (Fsp3) is 0.500. The van der Waals surface area contributed by atoms with Gasteiger partial charge in [-0.2, -0.15) is 9.36 Å². The zero-order valence-electron chi connectivity index (χ0n) is 9.46. The molecule has 0 spiro atoms. The lowest BCUT2D eigenvalue weighted by Crippen LogP contribution is -2.10. The summed E-state index contributed by atoms with van der Waals surface area (Å²) in [7, 11) is 0. The van der Waals surface area contributed by atoms with Crippen LogP contribution in [-0.4, -0.2) is 33.9 Å². The van der Waals surface area contributed by atoms with Gasteiger partial charge in [-0.1, -0.05) is 5.16 Å². The normalized spacial score (nSPS) is 16.6. The predicted octanol–water partition coefficient (Wildman–Crippen LogP) is 0.879. The molecule has 1 fully saturated rings. The van der Waals surface area contributed by atoms with Gasteiger partial charge in [0.15, 0.2) is 5.71 Å². The van der Waals surface area contributed by atoms with Gasteiger partial charge in [0.1, 0.15) is 6.10 Å². The predicted molar refractivity (Wildman–Crippen MR) is 65.2 cm³/mol. The number of nitrogens with zero attached hydrogens (tertiary/aromatic N) is 3. The van der Waals surface area contributed by atoms with Crippen molar-refractivity contribution >= 4 is 35.1 Å². The van der Waals surface area contributed by atoms with Crippen LogP contribution in [0.4, 0.5) is 5.13 Å². The second-order valence-corrected chi connectivity index (χ2v) is 4.49. The van der Waals surface area contributed by atoms with E-state index in [-0.39, 0.29) is 17.6 Å². The van der Waals surface area contributed by atoms with E-state index >= 15 is 0 Å². The molecule has 0 aliphatic heterocycles. The van der Waals surface area contributed by atoms with Gasteiger partial charge in [0.2, 0.25) is 17.4 Å². The Morgan fingerprint density at radius 3 is 3.00 bits per heavy atom. The minimum atomic E-state index is -0.0860. The maximum absolute atomic E-state index is 10.8. The Balaban J connectivity index is 2.03. The molecule has 1 N–H and O–H groups in total. The third-order valence-electron chi connectivity index (χ3n) is 2.51. The third-order valence-corrected chi connectivity index (χ3v) is 3.16. The minimum absolute atomic E-state index is 0.0551. The van der Waals surface area contributed by atoms with E-state index in [1.165, 1.54) is 0 Å². The van der Waals surface area contributed by atoms with Crippen molar-refractivity contribution in [2.45, 2.75) is 31.8 Å². The number of anilines is 1. The lowest BCUT2D eigenvalue weighted by molar-refractivity contribution is -0.105. The topological polar surface area (TPSA) is 93.5 Å². The summed E-state index contributed by atoms with van der Waals surface area (Å²) in [5, 5.41) is 6.36. The van der Waals surface area contributed by atoms with Crippen LogP contribution >= 0.6 is 11.5 Å². The van der Waals surface area contributed by atoms with Crippen LogP contribution in [-0.2, 0) is 14.4 Å². The molecule has 7 nitrogen and oxygen atoms in total. The first-order valence-electron chi connectivity index (χ1n) is 5.49. The largest absolute Gasteiger partial charge is 0.392 e. The van der Waals surface area contributed by atoms with Crippen molar-refractivity contribution in [2.75, 3.05) is 5.32 Å². The summed E-state index contributed by atoms with van der Waals surface area (Å²) in [5.41, 5.74) is -0.0860. The molecule has 0 atom stereocenters. The van der Waals surface area contributed by atoms with Gasteiger partial charge >= 0.3 is 0 Å². The molecule has 1 amide bonds. The van der Waals surface area contributed by atoms with E-state index in [1.54, 1.807) is 6.29 Å². The molecule has 1 aliphatic carbocycles. The van der Waals surface area contributed by atoms with Gasteiger partial charge in [0.05, 0.1) is 0 Å². The molecule has 2 rings (SSSR count). The molecule has 1 heterocycles. The first kappa shape index (κ1) is 12.6. The van der Waals surface area contributed by atoms with Gasteiger partial charge in [0.25, 0.3) is 6.29 Å². The number of oxime groups is 1. The summed E-state index contributed by atoms with van der Waals surface area (Å²) in [6.45, 7) is 0. The lowest BCUT2D eigenvalue weighted by Gasteiger charge is -2.05. The highest BCUT2D eigenvalue weighted by atomic mass is 32.1. The van der Waals surface area contributed by atoms with Crippen molar-refractivity contribution in [3.8, 4) is 0 Å². The van der Waals surface area contributed by atoms with Gasteiger partial charge in [-0.05, 0) is 25.7 Å². The summed E-state index contributed by atoms with van der Waals surface area (Å²) in [4.78, 5) is 30.1. The molecule has 1 aromatic heterocycles. The van der Waals surface area contributed by atoms with Crippen molar-refractivity contribution in [3.05, 3.63) is 5.82 Å². The molecule has 0 saturated heterocycles. The van der Waals surface area contributed by atoms with Gasteiger partial charge < -0.3 is 10.2 Å². The molecular formula is C10H11N4O3S. The van der Waals surface area contributed by atoms with E-state index in [0.29, 0.717) is 11.5 Å². The molecule has 18 heavy (non-hydrogen) atoms. The highest BCUT2D eigenvalue weighted by Crippen LogP contribution is 2.21. The Hall–Kier alpha value is -1.83. The van der Waals surface area contributed by atoms with Crippen LogP contribution in [0.15, 0.2) is 5.16 Å². The quantitative estimate of drug-likeness (QED) is 0.469. The Morgan fingerprint density at radius 2 is 2.33 bits per heavy atom. The number of amides is 1. The van der Waals surface area contributed by atoms with Crippen LogP contribution in [0.5, 0.6) is 0 Å². The third kappa shape index (κ3) is 3.10. The molecule has 95 valence electrons. The van der Waals surface area contributed by atoms with Gasteiger partial charge in [0, 0.05) is 11.5 Å². The summed E-state index contributed by atoms with van der Waals surface area (Å²) >= 11 is 0.957. The summed E-state index contributed by atoms with van der Waals surface area (Å²) in [5.74, 6) is 0.109. The average molecular weight is 267 g/mol. The van der Waals surface area contributed by atoms with Crippen LogP contribution in [0.1, 0.15) is 31.5 Å². The first-order chi connectivity index (χ1) is 8.83. The Kier molecular flexibility index (Phi) is 4.35. The second kappa shape index (κ2) is 6.20. The Morgan fingerprint density at radius 1 is 1.56 bits per heavy atom. The van der Waals surface area contributed by atoms with E-state index < -0.39 is 0 Å². The SMILES string of the molecule is O=[C]/C(=N\OC1CCCC1)c1nsc(NC=O)n1. The van der Waals surface area contributed by atoms with E-state index in [9.17, 15) is 9.59 Å². The minimum Gasteiger partial charge on any atom is -0.392 e. The fourth-order valence-corrected chi connectivity index (χ4v) is 2.18. The second-order valence-electron chi connectivity index (χ2n) is 3.74. The fourth-order valence-electron chi connectivity index (χ4n) is 1.65. The smallest absolute Gasteiger partial charge is 0.261 e. The van der Waals surface area contributed by atoms with E-state index in [0.717, 1.165) is 37.2 Å². The Labute approximate surface area is 107 Å². The van der Waals surface area contributed by atoms with E-state index in [2.05, 4.69) is 19.8 Å². The zero-order valence-corrected chi connectivity index (χ0v) is 10.3. The summed E-state index contributed by atoms with van der Waals surface area (Å²) in [6, 6.07) is 0. The van der Waals surface area contributed by atoms with Gasteiger partial charge in [-0.3, -0.25) is 9.59 Å². The molecular weight excluding hydrogens is 256 g/mol. The number of carbonyl (C=O) groups is 1. The molecule has 1 saturated carbocycles. The van der Waals surface area contributed by atoms with Crippen LogP contribution in [0.2, 0.25) is 0 Å². The monoisotopic (exact) mass is 267 g/mol. The number of rotatable bonds is 6. The maximum atomic E-state index is 10.8. The Bertz CT molecular complexity index is 454. The molecule has 1 radical (unpaired) electrons. The van der Waals surface area contributed by atoms with Crippen molar-refractivity contribution < 1.29 is 14.4 Å². The molecule has 1 aromatic rings. The maximum Gasteiger partial charge on any atom is 0.261 e. The number of aromatic nitrogens is 2. The molecule has 1 aliphatic rings. The van der Waals surface area contributed by atoms with Gasteiger partial charge in [-0.15, -0.1) is 0 Å². The summed E-state index contributed by atoms with van der Waals surface area (Å²) in [6.07, 6.45) is 6.29. The van der Waals surface area contributed by atoms with E-state index in [4.69, 9.17) is 4.84 Å². The van der Waals surface area contributed by atoms with E-state index in [1.807, 2.05) is 0 Å². The van der Waals surface area contributed by atoms with Crippen LogP contribution in [0, 0.1) is 0 Å². The highest BCUT2D eigenvalue weighted by molar-refractivity contribution is 7.10. The van der Waals surface area contributed by atoms with Crippen LogP contribution < -0.4 is 5.32 Å². The van der Waals surface area contributed by atoms with Crippen molar-refractivity contribution in [1.29, 1.82) is 0 Å². The molecule has 0 bridgehead atoms. The lowest BCUT2D eigenvalue weighted by atomic mass is 10.3. The highest BCUT2D eigenvalue weighted by Gasteiger charge is 2.18. The number of hydrogen-bond acceptors (Lipinski definition) is 7. The van der Waals surface area contributed by atoms with Crippen molar-refractivity contribution in [3.63, 3.8) is 0 Å². The first-order valence-corrected chi connectivity index (χ1v) is 6.27. The molecule has 8 heteroatoms. The van der Waals surface area contributed by atoms with Crippen LogP contribution in [0.3, 0.4) is 0 Å². The van der Waals surface area contributed by atoms with Gasteiger partial charge in [-0.25, -0.2) is 0 Å². The summed E-state index contributed by atoms with van der Waals surface area (Å²) < 4.78 is 3.89.